The lowest BCUT2D eigenvalue weighted by Gasteiger charge is -2.19. The number of aromatic nitrogens is 2. The maximum absolute atomic E-state index is 14.6. The molecule has 2 N–H and O–H groups in total. The molecule has 1 aromatic carbocycles. The molecule has 5 nitrogen and oxygen atoms in total. The molecule has 23 heavy (non-hydrogen) atoms. The number of rotatable bonds is 3. The molecule has 1 amide bonds. The van der Waals surface area contributed by atoms with Gasteiger partial charge in [-0.05, 0) is 50.9 Å². The molecule has 3 rings (SSSR count). The van der Waals surface area contributed by atoms with Crippen molar-refractivity contribution >= 4 is 11.6 Å². The molecule has 122 valence electrons. The summed E-state index contributed by atoms with van der Waals surface area (Å²) in [5.41, 5.74) is 3.86. The van der Waals surface area contributed by atoms with Crippen molar-refractivity contribution in [2.45, 2.75) is 40.3 Å². The van der Waals surface area contributed by atoms with Gasteiger partial charge in [-0.2, -0.15) is 5.10 Å². The topological polar surface area (TPSA) is 59.0 Å². The molecule has 2 aromatic rings. The largest absolute Gasteiger partial charge is 0.319 e. The van der Waals surface area contributed by atoms with Gasteiger partial charge in [-0.25, -0.2) is 4.39 Å². The molecule has 0 spiro atoms. The van der Waals surface area contributed by atoms with Crippen LogP contribution in [0.25, 0.3) is 0 Å². The summed E-state index contributed by atoms with van der Waals surface area (Å²) in [6.07, 6.45) is 0.636. The third kappa shape index (κ3) is 2.74. The first-order valence-corrected chi connectivity index (χ1v) is 7.89. The van der Waals surface area contributed by atoms with E-state index in [1.165, 1.54) is 0 Å². The second kappa shape index (κ2) is 6.12. The summed E-state index contributed by atoms with van der Waals surface area (Å²) < 4.78 is 16.4. The van der Waals surface area contributed by atoms with E-state index in [4.69, 9.17) is 0 Å². The molecule has 0 radical (unpaired) electrons. The van der Waals surface area contributed by atoms with Crippen molar-refractivity contribution < 1.29 is 9.18 Å². The number of aryl methyl sites for hydroxylation is 2. The quantitative estimate of drug-likeness (QED) is 0.915. The number of nitrogens with zero attached hydrogens (tertiary/aromatic N) is 2. The zero-order chi connectivity index (χ0) is 16.6. The van der Waals surface area contributed by atoms with E-state index in [0.29, 0.717) is 36.3 Å². The monoisotopic (exact) mass is 316 g/mol. The average molecular weight is 316 g/mol. The lowest BCUT2D eigenvalue weighted by molar-refractivity contribution is 0.102. The Balaban J connectivity index is 1.91. The Morgan fingerprint density at radius 2 is 2.22 bits per heavy atom. The number of benzene rings is 1. The van der Waals surface area contributed by atoms with Gasteiger partial charge in [0.25, 0.3) is 5.91 Å². The molecule has 0 bridgehead atoms. The number of fused-ring (bicyclic) bond motifs is 1. The van der Waals surface area contributed by atoms with E-state index in [2.05, 4.69) is 15.7 Å². The summed E-state index contributed by atoms with van der Waals surface area (Å²) >= 11 is 0. The Morgan fingerprint density at radius 1 is 1.43 bits per heavy atom. The first kappa shape index (κ1) is 15.7. The fourth-order valence-electron chi connectivity index (χ4n) is 3.15. The van der Waals surface area contributed by atoms with Crippen molar-refractivity contribution in [2.24, 2.45) is 0 Å². The average Bonchev–Trinajstić information content (AvgIpc) is 2.84. The maximum Gasteiger partial charge on any atom is 0.259 e. The highest BCUT2D eigenvalue weighted by atomic mass is 19.1. The molecule has 0 saturated heterocycles. The summed E-state index contributed by atoms with van der Waals surface area (Å²) in [4.78, 5) is 12.6. The zero-order valence-electron chi connectivity index (χ0n) is 13.7. The highest BCUT2D eigenvalue weighted by Crippen LogP contribution is 2.25. The second-order valence-corrected chi connectivity index (χ2v) is 5.81. The van der Waals surface area contributed by atoms with Gasteiger partial charge in [0, 0.05) is 18.8 Å². The van der Waals surface area contributed by atoms with Crippen molar-refractivity contribution in [3.63, 3.8) is 0 Å². The van der Waals surface area contributed by atoms with Crippen molar-refractivity contribution in [3.05, 3.63) is 46.0 Å². The molecular formula is C17H21FN4O. The van der Waals surface area contributed by atoms with E-state index in [0.717, 1.165) is 17.8 Å². The molecule has 0 saturated carbocycles. The van der Waals surface area contributed by atoms with E-state index in [1.807, 2.05) is 19.9 Å². The highest BCUT2D eigenvalue weighted by molar-refractivity contribution is 6.06. The van der Waals surface area contributed by atoms with Crippen LogP contribution in [0.5, 0.6) is 0 Å². The van der Waals surface area contributed by atoms with Gasteiger partial charge >= 0.3 is 0 Å². The van der Waals surface area contributed by atoms with Crippen LogP contribution in [0.3, 0.4) is 0 Å². The predicted molar refractivity (Wildman–Crippen MR) is 87.1 cm³/mol. The Morgan fingerprint density at radius 3 is 2.91 bits per heavy atom. The minimum absolute atomic E-state index is 0.235. The number of hydrogen-bond donors (Lipinski definition) is 2. The van der Waals surface area contributed by atoms with Crippen molar-refractivity contribution in [2.75, 3.05) is 11.9 Å². The molecule has 6 heteroatoms. The minimum Gasteiger partial charge on any atom is -0.319 e. The van der Waals surface area contributed by atoms with E-state index in [9.17, 15) is 9.18 Å². The van der Waals surface area contributed by atoms with Crippen LogP contribution in [-0.4, -0.2) is 22.2 Å². The van der Waals surface area contributed by atoms with E-state index >= 15 is 0 Å². The van der Waals surface area contributed by atoms with Gasteiger partial charge in [0.1, 0.15) is 5.82 Å². The smallest absolute Gasteiger partial charge is 0.259 e. The minimum atomic E-state index is -0.324. The summed E-state index contributed by atoms with van der Waals surface area (Å²) in [7, 11) is 0. The Hall–Kier alpha value is -2.21. The van der Waals surface area contributed by atoms with Crippen LogP contribution in [0.15, 0.2) is 12.1 Å². The fourth-order valence-corrected chi connectivity index (χ4v) is 3.15. The Labute approximate surface area is 134 Å². The van der Waals surface area contributed by atoms with Crippen LogP contribution in [0.4, 0.5) is 10.1 Å². The van der Waals surface area contributed by atoms with Crippen LogP contribution < -0.4 is 10.6 Å². The second-order valence-electron chi connectivity index (χ2n) is 5.81. The lowest BCUT2D eigenvalue weighted by Crippen LogP contribution is -2.25. The maximum atomic E-state index is 14.6. The number of anilines is 1. The molecular weight excluding hydrogens is 295 g/mol. The number of nitrogens with one attached hydrogen (secondary N) is 2. The summed E-state index contributed by atoms with van der Waals surface area (Å²) in [6, 6.07) is 3.50. The van der Waals surface area contributed by atoms with E-state index in [1.54, 1.807) is 17.7 Å². The van der Waals surface area contributed by atoms with Gasteiger partial charge in [0.15, 0.2) is 0 Å². The molecule has 0 unspecified atom stereocenters. The van der Waals surface area contributed by atoms with Crippen LogP contribution in [0.1, 0.15) is 39.8 Å². The number of halogens is 1. The van der Waals surface area contributed by atoms with Crippen molar-refractivity contribution in [3.8, 4) is 0 Å². The first-order chi connectivity index (χ1) is 11.0. The lowest BCUT2D eigenvalue weighted by atomic mass is 9.99. The van der Waals surface area contributed by atoms with Crippen molar-refractivity contribution in [1.82, 2.24) is 15.1 Å². The van der Waals surface area contributed by atoms with Crippen molar-refractivity contribution in [1.29, 1.82) is 0 Å². The molecule has 0 fully saturated rings. The van der Waals surface area contributed by atoms with Gasteiger partial charge in [-0.15, -0.1) is 0 Å². The fraction of sp³-hybridized carbons (Fsp3) is 0.412. The first-order valence-electron chi connectivity index (χ1n) is 7.89. The Kier molecular flexibility index (Phi) is 4.17. The third-order valence-electron chi connectivity index (χ3n) is 4.36. The van der Waals surface area contributed by atoms with Crippen LogP contribution >= 0.6 is 0 Å². The number of amides is 1. The van der Waals surface area contributed by atoms with Gasteiger partial charge in [0.2, 0.25) is 0 Å². The molecule has 0 atom stereocenters. The van der Waals surface area contributed by atoms with Gasteiger partial charge in [0.05, 0.1) is 16.9 Å². The normalized spacial score (nSPS) is 13.7. The summed E-state index contributed by atoms with van der Waals surface area (Å²) in [6.45, 7) is 7.74. The van der Waals surface area contributed by atoms with Gasteiger partial charge in [-0.3, -0.25) is 9.48 Å². The predicted octanol–water partition coefficient (Wildman–Crippen LogP) is 2.56. The molecule has 1 aliphatic rings. The van der Waals surface area contributed by atoms with E-state index in [-0.39, 0.29) is 17.4 Å². The third-order valence-corrected chi connectivity index (χ3v) is 4.36. The van der Waals surface area contributed by atoms with Gasteiger partial charge < -0.3 is 10.6 Å². The van der Waals surface area contributed by atoms with Gasteiger partial charge in [-0.1, -0.05) is 6.07 Å². The number of carbonyl (C=O) groups excluding carboxylic acids is 1. The van der Waals surface area contributed by atoms with Crippen LogP contribution in [0, 0.1) is 19.7 Å². The highest BCUT2D eigenvalue weighted by Gasteiger charge is 2.21. The number of carbonyl (C=O) groups is 1. The Bertz CT molecular complexity index is 766. The molecule has 0 aliphatic carbocycles. The summed E-state index contributed by atoms with van der Waals surface area (Å²) in [5, 5.41) is 10.3. The molecule has 1 aromatic heterocycles. The van der Waals surface area contributed by atoms with Crippen LogP contribution in [0.2, 0.25) is 0 Å². The molecule has 2 heterocycles. The number of hydrogen-bond acceptors (Lipinski definition) is 3. The van der Waals surface area contributed by atoms with Crippen LogP contribution in [-0.2, 0) is 19.5 Å². The SMILES string of the molecule is CCn1nc(C)c(C(=O)Nc2ccc3c(c2F)CCNC3)c1C. The summed E-state index contributed by atoms with van der Waals surface area (Å²) in [5.74, 6) is -0.636. The molecule has 1 aliphatic heterocycles. The standard InChI is InChI=1S/C17H21FN4O/c1-4-22-11(3)15(10(2)21-22)17(23)20-14-6-5-12-9-19-8-7-13(12)16(14)18/h5-6,19H,4,7-9H2,1-3H3,(H,20,23). The zero-order valence-corrected chi connectivity index (χ0v) is 13.7. The van der Waals surface area contributed by atoms with E-state index < -0.39 is 0 Å².